The Morgan fingerprint density at radius 3 is 2.67 bits per heavy atom. The molecule has 1 aromatic rings. The molecule has 2 aliphatic rings. The van der Waals surface area contributed by atoms with Crippen LogP contribution in [0.2, 0.25) is 0 Å². The molecule has 3 nitrogen and oxygen atoms in total. The van der Waals surface area contributed by atoms with Crippen LogP contribution in [-0.4, -0.2) is 44.3 Å². The maximum atomic E-state index is 14.4. The minimum Gasteiger partial charge on any atom is -0.381 e. The highest BCUT2D eigenvalue weighted by atomic mass is 79.9. The Morgan fingerprint density at radius 1 is 1.24 bits per heavy atom. The topological polar surface area (TPSA) is 24.5 Å². The first-order valence-corrected chi connectivity index (χ1v) is 8.52. The third-order valence-corrected chi connectivity index (χ3v) is 5.03. The highest BCUT2D eigenvalue weighted by Gasteiger charge is 2.32. The molecule has 2 aliphatic heterocycles. The second-order valence-electron chi connectivity index (χ2n) is 5.85. The Kier molecular flexibility index (Phi) is 5.27. The van der Waals surface area contributed by atoms with Crippen molar-refractivity contribution in [2.24, 2.45) is 5.92 Å². The SMILES string of the molecule is Fc1ccc(Br)cc1[C@H](C1CCOCC1)N1CCNCC1. The van der Waals surface area contributed by atoms with Gasteiger partial charge in [0.25, 0.3) is 0 Å². The number of nitrogens with zero attached hydrogens (tertiary/aromatic N) is 1. The van der Waals surface area contributed by atoms with Gasteiger partial charge in [-0.05, 0) is 37.0 Å². The molecular formula is C16H22BrFN2O. The van der Waals surface area contributed by atoms with Crippen LogP contribution >= 0.6 is 15.9 Å². The number of halogens is 2. The summed E-state index contributed by atoms with van der Waals surface area (Å²) in [4.78, 5) is 2.44. The lowest BCUT2D eigenvalue weighted by atomic mass is 9.85. The molecule has 116 valence electrons. The number of hydrogen-bond donors (Lipinski definition) is 1. The quantitative estimate of drug-likeness (QED) is 0.900. The summed E-state index contributed by atoms with van der Waals surface area (Å²) in [5.74, 6) is 0.383. The summed E-state index contributed by atoms with van der Waals surface area (Å²) >= 11 is 3.49. The molecule has 21 heavy (non-hydrogen) atoms. The zero-order valence-corrected chi connectivity index (χ0v) is 13.7. The summed E-state index contributed by atoms with van der Waals surface area (Å²) in [5.41, 5.74) is 0.832. The molecule has 0 spiro atoms. The maximum Gasteiger partial charge on any atom is 0.128 e. The van der Waals surface area contributed by atoms with E-state index in [1.54, 1.807) is 12.1 Å². The predicted octanol–water partition coefficient (Wildman–Crippen LogP) is 2.96. The van der Waals surface area contributed by atoms with E-state index in [1.807, 2.05) is 6.07 Å². The van der Waals surface area contributed by atoms with Crippen molar-refractivity contribution in [2.75, 3.05) is 39.4 Å². The summed E-state index contributed by atoms with van der Waals surface area (Å²) in [6.45, 7) is 5.51. The largest absolute Gasteiger partial charge is 0.381 e. The van der Waals surface area contributed by atoms with Crippen LogP contribution in [0.15, 0.2) is 22.7 Å². The van der Waals surface area contributed by atoms with Crippen LogP contribution in [0, 0.1) is 11.7 Å². The van der Waals surface area contributed by atoms with Crippen LogP contribution in [0.3, 0.4) is 0 Å². The van der Waals surface area contributed by atoms with E-state index in [-0.39, 0.29) is 11.9 Å². The molecule has 0 amide bonds. The molecular weight excluding hydrogens is 335 g/mol. The number of nitrogens with one attached hydrogen (secondary N) is 1. The minimum absolute atomic E-state index is 0.0896. The van der Waals surface area contributed by atoms with E-state index in [4.69, 9.17) is 4.74 Å². The summed E-state index contributed by atoms with van der Waals surface area (Å²) < 4.78 is 20.9. The molecule has 0 bridgehead atoms. The van der Waals surface area contributed by atoms with Crippen molar-refractivity contribution >= 4 is 15.9 Å². The van der Waals surface area contributed by atoms with Crippen LogP contribution in [-0.2, 0) is 4.74 Å². The van der Waals surface area contributed by atoms with Gasteiger partial charge in [0, 0.05) is 55.5 Å². The second kappa shape index (κ2) is 7.18. The van der Waals surface area contributed by atoms with Crippen LogP contribution in [0.1, 0.15) is 24.4 Å². The molecule has 1 aromatic carbocycles. The van der Waals surface area contributed by atoms with Crippen LogP contribution in [0.4, 0.5) is 4.39 Å². The molecule has 2 heterocycles. The fourth-order valence-electron chi connectivity index (χ4n) is 3.48. The van der Waals surface area contributed by atoms with E-state index in [1.165, 1.54) is 0 Å². The van der Waals surface area contributed by atoms with Crippen LogP contribution < -0.4 is 5.32 Å². The van der Waals surface area contributed by atoms with E-state index < -0.39 is 0 Å². The Bertz CT molecular complexity index is 455. The standard InChI is InChI=1S/C16H22BrFN2O/c17-13-1-2-15(18)14(11-13)16(12-3-9-21-10-4-12)20-7-5-19-6-8-20/h1-2,11-12,16,19H,3-10H2/t16-/m0/s1. The molecule has 0 aliphatic carbocycles. The first-order chi connectivity index (χ1) is 10.3. The van der Waals surface area contributed by atoms with Gasteiger partial charge in [-0.1, -0.05) is 15.9 Å². The van der Waals surface area contributed by atoms with Crippen LogP contribution in [0.25, 0.3) is 0 Å². The van der Waals surface area contributed by atoms with E-state index >= 15 is 0 Å². The first kappa shape index (κ1) is 15.4. The van der Waals surface area contributed by atoms with Crippen molar-refractivity contribution in [1.82, 2.24) is 10.2 Å². The number of ether oxygens (including phenoxy) is 1. The zero-order chi connectivity index (χ0) is 14.7. The van der Waals surface area contributed by atoms with E-state index in [0.717, 1.165) is 62.3 Å². The molecule has 0 radical (unpaired) electrons. The first-order valence-electron chi connectivity index (χ1n) is 7.73. The highest BCUT2D eigenvalue weighted by Crippen LogP contribution is 2.37. The van der Waals surface area contributed by atoms with Gasteiger partial charge in [0.2, 0.25) is 0 Å². The second-order valence-corrected chi connectivity index (χ2v) is 6.76. The number of hydrogen-bond acceptors (Lipinski definition) is 3. The molecule has 1 N–H and O–H groups in total. The summed E-state index contributed by atoms with van der Waals surface area (Å²) in [5, 5.41) is 3.38. The average molecular weight is 357 g/mol. The van der Waals surface area contributed by atoms with Gasteiger partial charge >= 0.3 is 0 Å². The van der Waals surface area contributed by atoms with Crippen molar-refractivity contribution in [3.8, 4) is 0 Å². The monoisotopic (exact) mass is 356 g/mol. The summed E-state index contributed by atoms with van der Waals surface area (Å²) in [7, 11) is 0. The van der Waals surface area contributed by atoms with Gasteiger partial charge in [-0.3, -0.25) is 4.90 Å². The molecule has 2 saturated heterocycles. The van der Waals surface area contributed by atoms with Gasteiger partial charge in [-0.2, -0.15) is 0 Å². The molecule has 1 atom stereocenters. The third-order valence-electron chi connectivity index (χ3n) is 4.53. The van der Waals surface area contributed by atoms with Gasteiger partial charge in [-0.15, -0.1) is 0 Å². The minimum atomic E-state index is -0.0896. The van der Waals surface area contributed by atoms with Crippen LogP contribution in [0.5, 0.6) is 0 Å². The predicted molar refractivity (Wildman–Crippen MR) is 84.8 cm³/mol. The summed E-state index contributed by atoms with van der Waals surface area (Å²) in [6, 6.07) is 5.47. The molecule has 0 saturated carbocycles. The zero-order valence-electron chi connectivity index (χ0n) is 12.2. The number of rotatable bonds is 3. The highest BCUT2D eigenvalue weighted by molar-refractivity contribution is 9.10. The Labute approximate surface area is 134 Å². The van der Waals surface area contributed by atoms with Gasteiger partial charge < -0.3 is 10.1 Å². The van der Waals surface area contributed by atoms with Crippen molar-refractivity contribution in [3.63, 3.8) is 0 Å². The molecule has 3 rings (SSSR count). The lowest BCUT2D eigenvalue weighted by molar-refractivity contribution is 0.0203. The van der Waals surface area contributed by atoms with Gasteiger partial charge in [0.05, 0.1) is 0 Å². The Morgan fingerprint density at radius 2 is 1.95 bits per heavy atom. The average Bonchev–Trinajstić information content (AvgIpc) is 2.53. The maximum absolute atomic E-state index is 14.4. The van der Waals surface area contributed by atoms with Crippen molar-refractivity contribution in [1.29, 1.82) is 0 Å². The van der Waals surface area contributed by atoms with Gasteiger partial charge in [-0.25, -0.2) is 4.39 Å². The number of piperazine rings is 1. The van der Waals surface area contributed by atoms with E-state index in [0.29, 0.717) is 5.92 Å². The normalized spacial score (nSPS) is 23.1. The smallest absolute Gasteiger partial charge is 0.128 e. The van der Waals surface area contributed by atoms with Gasteiger partial charge in [0.15, 0.2) is 0 Å². The third kappa shape index (κ3) is 3.65. The molecule has 0 unspecified atom stereocenters. The van der Waals surface area contributed by atoms with Crippen molar-refractivity contribution in [2.45, 2.75) is 18.9 Å². The van der Waals surface area contributed by atoms with E-state index in [2.05, 4.69) is 26.1 Å². The molecule has 5 heteroatoms. The lowest BCUT2D eigenvalue weighted by Crippen LogP contribution is -2.47. The van der Waals surface area contributed by atoms with Crippen molar-refractivity contribution < 1.29 is 9.13 Å². The van der Waals surface area contributed by atoms with Gasteiger partial charge in [0.1, 0.15) is 5.82 Å². The Hall–Kier alpha value is -0.490. The van der Waals surface area contributed by atoms with E-state index in [9.17, 15) is 4.39 Å². The molecule has 2 fully saturated rings. The summed E-state index contributed by atoms with van der Waals surface area (Å²) in [6.07, 6.45) is 2.03. The number of benzene rings is 1. The lowest BCUT2D eigenvalue weighted by Gasteiger charge is -2.41. The molecule has 0 aromatic heterocycles. The fraction of sp³-hybridized carbons (Fsp3) is 0.625. The Balaban J connectivity index is 1.91. The fourth-order valence-corrected chi connectivity index (χ4v) is 3.86. The van der Waals surface area contributed by atoms with Crippen molar-refractivity contribution in [3.05, 3.63) is 34.1 Å².